The number of rotatable bonds is 3. The number of ether oxygens (including phenoxy) is 1. The van der Waals surface area contributed by atoms with E-state index in [1.165, 1.54) is 0 Å². The molecule has 0 aliphatic rings. The Bertz CT molecular complexity index is 753. The van der Waals surface area contributed by atoms with E-state index >= 15 is 0 Å². The van der Waals surface area contributed by atoms with E-state index in [0.717, 1.165) is 15.6 Å². The van der Waals surface area contributed by atoms with Gasteiger partial charge < -0.3 is 4.74 Å². The normalized spacial score (nSPS) is 10.7. The lowest BCUT2D eigenvalue weighted by molar-refractivity contribution is 0.0465. The van der Waals surface area contributed by atoms with Crippen molar-refractivity contribution in [1.29, 1.82) is 0 Å². The molecular weight excluding hydrogens is 320 g/mol. The van der Waals surface area contributed by atoms with E-state index < -0.39 is 5.97 Å². The molecule has 0 bridgehead atoms. The summed E-state index contributed by atoms with van der Waals surface area (Å²) < 4.78 is 7.83. The Labute approximate surface area is 124 Å². The summed E-state index contributed by atoms with van der Waals surface area (Å²) in [6, 6.07) is 15.0. The van der Waals surface area contributed by atoms with Crippen molar-refractivity contribution >= 4 is 27.4 Å². The molecule has 0 aliphatic heterocycles. The zero-order valence-corrected chi connectivity index (χ0v) is 12.1. The third-order valence-electron chi connectivity index (χ3n) is 2.85. The smallest absolute Gasteiger partial charge is 0.359 e. The van der Waals surface area contributed by atoms with Gasteiger partial charge in [-0.1, -0.05) is 46.3 Å². The van der Waals surface area contributed by atoms with Crippen LogP contribution in [0.3, 0.4) is 0 Å². The van der Waals surface area contributed by atoms with Crippen LogP contribution in [0.5, 0.6) is 0 Å². The summed E-state index contributed by atoms with van der Waals surface area (Å²) in [5, 5.41) is 4.19. The number of fused-ring (bicyclic) bond motifs is 1. The minimum atomic E-state index is -0.423. The second-order valence-electron chi connectivity index (χ2n) is 4.31. The largest absolute Gasteiger partial charge is 0.456 e. The van der Waals surface area contributed by atoms with E-state index in [4.69, 9.17) is 4.74 Å². The van der Waals surface area contributed by atoms with Crippen molar-refractivity contribution in [2.45, 2.75) is 6.61 Å². The quantitative estimate of drug-likeness (QED) is 0.691. The Kier molecular flexibility index (Phi) is 3.52. The fraction of sp³-hybridized carbons (Fsp3) is 0.0667. The number of halogens is 1. The summed E-state index contributed by atoms with van der Waals surface area (Å²) in [5.41, 5.74) is 2.09. The van der Waals surface area contributed by atoms with Gasteiger partial charge in [0, 0.05) is 10.7 Å². The number of carbonyl (C=O) groups is 1. The first-order chi connectivity index (χ1) is 9.72. The Balaban J connectivity index is 1.75. The molecule has 5 heteroatoms. The van der Waals surface area contributed by atoms with Crippen LogP contribution < -0.4 is 0 Å². The number of pyridine rings is 1. The van der Waals surface area contributed by atoms with Crippen molar-refractivity contribution in [1.82, 2.24) is 9.61 Å². The maximum Gasteiger partial charge on any atom is 0.359 e. The van der Waals surface area contributed by atoms with E-state index in [1.807, 2.05) is 42.5 Å². The Morgan fingerprint density at radius 1 is 1.20 bits per heavy atom. The topological polar surface area (TPSA) is 43.6 Å². The molecule has 0 saturated carbocycles. The van der Waals surface area contributed by atoms with Gasteiger partial charge in [-0.3, -0.25) is 0 Å². The third kappa shape index (κ3) is 2.72. The maximum absolute atomic E-state index is 12.0. The monoisotopic (exact) mass is 330 g/mol. The van der Waals surface area contributed by atoms with Gasteiger partial charge in [-0.2, -0.15) is 5.10 Å². The van der Waals surface area contributed by atoms with E-state index in [1.54, 1.807) is 16.8 Å². The summed E-state index contributed by atoms with van der Waals surface area (Å²) in [4.78, 5) is 12.0. The number of benzene rings is 1. The SMILES string of the molecule is O=C(OCc1ccccc1)c1cc2cc(Br)ccn2n1. The average Bonchev–Trinajstić information content (AvgIpc) is 2.89. The lowest BCUT2D eigenvalue weighted by Crippen LogP contribution is -2.06. The van der Waals surface area contributed by atoms with Gasteiger partial charge in [0.25, 0.3) is 0 Å². The van der Waals surface area contributed by atoms with Gasteiger partial charge in [0.2, 0.25) is 0 Å². The molecule has 0 radical (unpaired) electrons. The van der Waals surface area contributed by atoms with Crippen LogP contribution in [0.25, 0.3) is 5.52 Å². The lowest BCUT2D eigenvalue weighted by Gasteiger charge is -2.02. The highest BCUT2D eigenvalue weighted by Gasteiger charge is 2.12. The van der Waals surface area contributed by atoms with Crippen LogP contribution in [0.4, 0.5) is 0 Å². The zero-order valence-electron chi connectivity index (χ0n) is 10.5. The second-order valence-corrected chi connectivity index (χ2v) is 5.22. The highest BCUT2D eigenvalue weighted by Crippen LogP contribution is 2.15. The molecular formula is C15H11BrN2O2. The third-order valence-corrected chi connectivity index (χ3v) is 3.34. The fourth-order valence-electron chi connectivity index (χ4n) is 1.86. The predicted molar refractivity (Wildman–Crippen MR) is 78.5 cm³/mol. The van der Waals surface area contributed by atoms with E-state index in [2.05, 4.69) is 21.0 Å². The minimum Gasteiger partial charge on any atom is -0.456 e. The summed E-state index contributed by atoms with van der Waals surface area (Å²) >= 11 is 3.38. The van der Waals surface area contributed by atoms with Crippen molar-refractivity contribution < 1.29 is 9.53 Å². The number of aromatic nitrogens is 2. The molecule has 2 heterocycles. The van der Waals surface area contributed by atoms with Gasteiger partial charge in [0.1, 0.15) is 6.61 Å². The second kappa shape index (κ2) is 5.46. The number of hydrogen-bond donors (Lipinski definition) is 0. The fourth-order valence-corrected chi connectivity index (χ4v) is 2.22. The van der Waals surface area contributed by atoms with E-state index in [0.29, 0.717) is 5.69 Å². The van der Waals surface area contributed by atoms with Gasteiger partial charge in [0.05, 0.1) is 5.52 Å². The Hall–Kier alpha value is -2.14. The van der Waals surface area contributed by atoms with Gasteiger partial charge in [-0.25, -0.2) is 9.31 Å². The highest BCUT2D eigenvalue weighted by molar-refractivity contribution is 9.10. The van der Waals surface area contributed by atoms with Crippen LogP contribution in [-0.2, 0) is 11.3 Å². The summed E-state index contributed by atoms with van der Waals surface area (Å²) in [6.07, 6.45) is 1.79. The van der Waals surface area contributed by atoms with Crippen LogP contribution >= 0.6 is 15.9 Å². The molecule has 0 aliphatic carbocycles. The predicted octanol–water partition coefficient (Wildman–Crippen LogP) is 3.45. The number of hydrogen-bond acceptors (Lipinski definition) is 3. The minimum absolute atomic E-state index is 0.247. The zero-order chi connectivity index (χ0) is 13.9. The summed E-state index contributed by atoms with van der Waals surface area (Å²) in [5.74, 6) is -0.423. The molecule has 100 valence electrons. The van der Waals surface area contributed by atoms with Crippen molar-refractivity contribution in [3.63, 3.8) is 0 Å². The first-order valence-electron chi connectivity index (χ1n) is 6.08. The highest BCUT2D eigenvalue weighted by atomic mass is 79.9. The molecule has 0 spiro atoms. The van der Waals surface area contributed by atoms with E-state index in [9.17, 15) is 4.79 Å². The van der Waals surface area contributed by atoms with Gasteiger partial charge in [-0.05, 0) is 23.8 Å². The molecule has 0 N–H and O–H groups in total. The molecule has 2 aromatic heterocycles. The molecule has 0 amide bonds. The molecule has 0 saturated heterocycles. The standard InChI is InChI=1S/C15H11BrN2O2/c16-12-6-7-18-13(8-12)9-14(17-18)15(19)20-10-11-4-2-1-3-5-11/h1-9H,10H2. The number of nitrogens with zero attached hydrogens (tertiary/aromatic N) is 2. The average molecular weight is 331 g/mol. The van der Waals surface area contributed by atoms with Crippen molar-refractivity contribution in [2.75, 3.05) is 0 Å². The number of esters is 1. The van der Waals surface area contributed by atoms with Crippen molar-refractivity contribution in [3.05, 3.63) is 70.5 Å². The first-order valence-corrected chi connectivity index (χ1v) is 6.88. The molecule has 0 unspecified atom stereocenters. The van der Waals surface area contributed by atoms with Gasteiger partial charge >= 0.3 is 5.97 Å². The maximum atomic E-state index is 12.0. The van der Waals surface area contributed by atoms with Crippen LogP contribution in [0.1, 0.15) is 16.1 Å². The molecule has 3 rings (SSSR count). The van der Waals surface area contributed by atoms with Gasteiger partial charge in [-0.15, -0.1) is 0 Å². The van der Waals surface area contributed by atoms with Crippen LogP contribution in [0, 0.1) is 0 Å². The van der Waals surface area contributed by atoms with Crippen LogP contribution in [-0.4, -0.2) is 15.6 Å². The van der Waals surface area contributed by atoms with E-state index in [-0.39, 0.29) is 6.61 Å². The van der Waals surface area contributed by atoms with Crippen molar-refractivity contribution in [3.8, 4) is 0 Å². The first kappa shape index (κ1) is 12.9. The molecule has 1 aromatic carbocycles. The Morgan fingerprint density at radius 2 is 2.00 bits per heavy atom. The molecule has 3 aromatic rings. The summed E-state index contributed by atoms with van der Waals surface area (Å²) in [7, 11) is 0. The Morgan fingerprint density at radius 3 is 2.80 bits per heavy atom. The van der Waals surface area contributed by atoms with Crippen LogP contribution in [0.15, 0.2) is 59.2 Å². The van der Waals surface area contributed by atoms with Gasteiger partial charge in [0.15, 0.2) is 5.69 Å². The van der Waals surface area contributed by atoms with Crippen LogP contribution in [0.2, 0.25) is 0 Å². The summed E-state index contributed by atoms with van der Waals surface area (Å²) in [6.45, 7) is 0.247. The molecule has 20 heavy (non-hydrogen) atoms. The number of carbonyl (C=O) groups excluding carboxylic acids is 1. The molecule has 0 fully saturated rings. The lowest BCUT2D eigenvalue weighted by atomic mass is 10.2. The molecule has 4 nitrogen and oxygen atoms in total. The molecule has 0 atom stereocenters. The van der Waals surface area contributed by atoms with Crippen molar-refractivity contribution in [2.24, 2.45) is 0 Å².